The average molecular weight is 462 g/mol. The summed E-state index contributed by atoms with van der Waals surface area (Å²) < 4.78 is 2.27. The molecule has 2 heterocycles. The number of thiazole rings is 1. The van der Waals surface area contributed by atoms with E-state index >= 15 is 0 Å². The van der Waals surface area contributed by atoms with Crippen molar-refractivity contribution >= 4 is 44.9 Å². The topological polar surface area (TPSA) is 56.7 Å². The van der Waals surface area contributed by atoms with E-state index < -0.39 is 0 Å². The number of phenols is 1. The van der Waals surface area contributed by atoms with Crippen molar-refractivity contribution in [2.45, 2.75) is 10.1 Å². The number of phenolic OH excluding ortho intramolecular Hbond substituents is 1. The van der Waals surface area contributed by atoms with Gasteiger partial charge in [-0.05, 0) is 42.0 Å². The maximum absolute atomic E-state index is 12.9. The van der Waals surface area contributed by atoms with Gasteiger partial charge in [0.25, 0.3) is 5.91 Å². The molecule has 0 unspecified atom stereocenters. The number of rotatable bonds is 5. The summed E-state index contributed by atoms with van der Waals surface area (Å²) in [6.07, 6.45) is 0. The molecule has 0 atom stereocenters. The Kier molecular flexibility index (Phi) is 6.01. The van der Waals surface area contributed by atoms with Gasteiger partial charge in [0.1, 0.15) is 5.75 Å². The van der Waals surface area contributed by atoms with Gasteiger partial charge in [0.2, 0.25) is 0 Å². The predicted molar refractivity (Wildman–Crippen MR) is 132 cm³/mol. The Bertz CT molecular complexity index is 1200. The van der Waals surface area contributed by atoms with Crippen LogP contribution in [0.15, 0.2) is 77.1 Å². The molecule has 1 fully saturated rings. The van der Waals surface area contributed by atoms with Gasteiger partial charge in [-0.25, -0.2) is 4.98 Å². The molecular weight excluding hydrogens is 438 g/mol. The molecule has 162 valence electrons. The quantitative estimate of drug-likeness (QED) is 0.411. The third-order valence-electron chi connectivity index (χ3n) is 5.60. The molecule has 3 aromatic carbocycles. The normalized spacial score (nSPS) is 14.1. The second-order valence-corrected chi connectivity index (χ2v) is 9.99. The Morgan fingerprint density at radius 2 is 1.75 bits per heavy atom. The van der Waals surface area contributed by atoms with Crippen molar-refractivity contribution in [2.24, 2.45) is 0 Å². The van der Waals surface area contributed by atoms with Gasteiger partial charge in [-0.1, -0.05) is 42.1 Å². The maximum Gasteiger partial charge on any atom is 0.253 e. The molecule has 0 spiro atoms. The molecule has 1 N–H and O–H groups in total. The van der Waals surface area contributed by atoms with Crippen molar-refractivity contribution in [2.75, 3.05) is 31.1 Å². The van der Waals surface area contributed by atoms with Crippen LogP contribution in [-0.2, 0) is 5.75 Å². The minimum absolute atomic E-state index is 0.0749. The molecule has 0 bridgehead atoms. The third-order valence-corrected chi connectivity index (χ3v) is 7.85. The van der Waals surface area contributed by atoms with Gasteiger partial charge >= 0.3 is 0 Å². The highest BCUT2D eigenvalue weighted by Crippen LogP contribution is 2.31. The Labute approximate surface area is 195 Å². The zero-order chi connectivity index (χ0) is 21.9. The van der Waals surface area contributed by atoms with Crippen molar-refractivity contribution in [3.63, 3.8) is 0 Å². The number of nitrogens with zero attached hydrogens (tertiary/aromatic N) is 3. The number of piperazine rings is 1. The number of hydrogen-bond donors (Lipinski definition) is 1. The summed E-state index contributed by atoms with van der Waals surface area (Å²) in [5, 5.41) is 9.70. The van der Waals surface area contributed by atoms with Gasteiger partial charge in [0.15, 0.2) is 4.34 Å². The number of amides is 1. The fourth-order valence-corrected chi connectivity index (χ4v) is 5.87. The van der Waals surface area contributed by atoms with Crippen LogP contribution in [0.5, 0.6) is 5.75 Å². The molecule has 4 aromatic rings. The second-order valence-electron chi connectivity index (χ2n) is 7.73. The van der Waals surface area contributed by atoms with E-state index in [-0.39, 0.29) is 11.7 Å². The zero-order valence-electron chi connectivity index (χ0n) is 17.5. The first-order valence-electron chi connectivity index (χ1n) is 10.6. The van der Waals surface area contributed by atoms with E-state index in [1.807, 2.05) is 59.5 Å². The number of para-hydroxylation sites is 1. The van der Waals surface area contributed by atoms with Crippen LogP contribution in [0.4, 0.5) is 5.69 Å². The van der Waals surface area contributed by atoms with Crippen LogP contribution in [0.3, 0.4) is 0 Å². The summed E-state index contributed by atoms with van der Waals surface area (Å²) in [5.74, 6) is 1.17. The van der Waals surface area contributed by atoms with Gasteiger partial charge in [-0.2, -0.15) is 0 Å². The lowest BCUT2D eigenvalue weighted by Crippen LogP contribution is -2.48. The molecule has 1 saturated heterocycles. The minimum Gasteiger partial charge on any atom is -0.508 e. The number of carbonyl (C=O) groups excluding carboxylic acids is 1. The summed E-state index contributed by atoms with van der Waals surface area (Å²) >= 11 is 3.45. The highest BCUT2D eigenvalue weighted by Gasteiger charge is 2.22. The minimum atomic E-state index is 0.0749. The van der Waals surface area contributed by atoms with Crippen molar-refractivity contribution < 1.29 is 9.90 Å². The number of fused-ring (bicyclic) bond motifs is 1. The van der Waals surface area contributed by atoms with Crippen LogP contribution in [0.2, 0.25) is 0 Å². The SMILES string of the molecule is O=C(c1ccc(CSc2nc3ccccc3s2)cc1)N1CCN(c2cccc(O)c2)CC1. The van der Waals surface area contributed by atoms with Crippen molar-refractivity contribution in [1.29, 1.82) is 0 Å². The van der Waals surface area contributed by atoms with Gasteiger partial charge < -0.3 is 14.9 Å². The fourth-order valence-electron chi connectivity index (χ4n) is 3.84. The lowest BCUT2D eigenvalue weighted by Gasteiger charge is -2.36. The van der Waals surface area contributed by atoms with Gasteiger partial charge in [-0.15, -0.1) is 11.3 Å². The molecule has 32 heavy (non-hydrogen) atoms. The van der Waals surface area contributed by atoms with E-state index in [0.717, 1.165) is 39.9 Å². The molecule has 1 aliphatic rings. The van der Waals surface area contributed by atoms with Gasteiger partial charge in [-0.3, -0.25) is 4.79 Å². The third kappa shape index (κ3) is 4.59. The molecule has 0 radical (unpaired) electrons. The zero-order valence-corrected chi connectivity index (χ0v) is 19.1. The summed E-state index contributed by atoms with van der Waals surface area (Å²) in [5.41, 5.74) is 3.95. The van der Waals surface area contributed by atoms with Crippen LogP contribution in [-0.4, -0.2) is 47.1 Å². The van der Waals surface area contributed by atoms with Crippen LogP contribution in [0, 0.1) is 0 Å². The van der Waals surface area contributed by atoms with E-state index in [0.29, 0.717) is 13.1 Å². The van der Waals surface area contributed by atoms with E-state index in [2.05, 4.69) is 16.0 Å². The molecule has 0 saturated carbocycles. The lowest BCUT2D eigenvalue weighted by molar-refractivity contribution is 0.0746. The maximum atomic E-state index is 12.9. The molecule has 1 aliphatic heterocycles. The molecule has 1 amide bonds. The highest BCUT2D eigenvalue weighted by molar-refractivity contribution is 8.00. The number of aromatic hydroxyl groups is 1. The predicted octanol–water partition coefficient (Wildman–Crippen LogP) is 5.26. The van der Waals surface area contributed by atoms with E-state index in [9.17, 15) is 9.90 Å². The second kappa shape index (κ2) is 9.22. The monoisotopic (exact) mass is 461 g/mol. The highest BCUT2D eigenvalue weighted by atomic mass is 32.2. The van der Waals surface area contributed by atoms with Gasteiger partial charge in [0.05, 0.1) is 10.2 Å². The number of hydrogen-bond acceptors (Lipinski definition) is 6. The first kappa shape index (κ1) is 20.8. The van der Waals surface area contributed by atoms with Crippen LogP contribution >= 0.6 is 23.1 Å². The van der Waals surface area contributed by atoms with E-state index in [1.165, 1.54) is 10.3 Å². The average Bonchev–Trinajstić information content (AvgIpc) is 3.26. The summed E-state index contributed by atoms with van der Waals surface area (Å²) in [7, 11) is 0. The molecule has 0 aliphatic carbocycles. The molecule has 5 nitrogen and oxygen atoms in total. The molecule has 5 rings (SSSR count). The van der Waals surface area contributed by atoms with Crippen molar-refractivity contribution in [3.8, 4) is 5.75 Å². The number of thioether (sulfide) groups is 1. The fraction of sp³-hybridized carbons (Fsp3) is 0.200. The first-order chi connectivity index (χ1) is 15.7. The lowest BCUT2D eigenvalue weighted by atomic mass is 10.1. The van der Waals surface area contributed by atoms with Crippen LogP contribution in [0.25, 0.3) is 10.2 Å². The summed E-state index contributed by atoms with van der Waals surface area (Å²) in [6.45, 7) is 2.85. The van der Waals surface area contributed by atoms with E-state index in [4.69, 9.17) is 0 Å². The van der Waals surface area contributed by atoms with Crippen LogP contribution in [0.1, 0.15) is 15.9 Å². The Morgan fingerprint density at radius 3 is 2.50 bits per heavy atom. The first-order valence-corrected chi connectivity index (χ1v) is 12.4. The molecular formula is C25H23N3O2S2. The number of anilines is 1. The standard InChI is InChI=1S/C25H23N3O2S2/c29-21-5-3-4-20(16-21)27-12-14-28(15-13-27)24(30)19-10-8-18(9-11-19)17-31-25-26-22-6-1-2-7-23(22)32-25/h1-11,16,29H,12-15,17H2. The molecule has 7 heteroatoms. The van der Waals surface area contributed by atoms with Gasteiger partial charge in [0, 0.05) is 49.2 Å². The Balaban J connectivity index is 1.16. The number of carbonyl (C=O) groups is 1. The number of benzene rings is 3. The summed E-state index contributed by atoms with van der Waals surface area (Å²) in [6, 6.07) is 23.4. The Morgan fingerprint density at radius 1 is 0.969 bits per heavy atom. The van der Waals surface area contributed by atoms with Crippen molar-refractivity contribution in [1.82, 2.24) is 9.88 Å². The van der Waals surface area contributed by atoms with Crippen molar-refractivity contribution in [3.05, 3.63) is 83.9 Å². The Hall–Kier alpha value is -3.03. The summed E-state index contributed by atoms with van der Waals surface area (Å²) in [4.78, 5) is 21.7. The smallest absolute Gasteiger partial charge is 0.253 e. The largest absolute Gasteiger partial charge is 0.508 e. The van der Waals surface area contributed by atoms with E-state index in [1.54, 1.807) is 35.2 Å². The molecule has 1 aromatic heterocycles. The number of aromatic nitrogens is 1. The van der Waals surface area contributed by atoms with Crippen LogP contribution < -0.4 is 4.90 Å².